The molecular weight excluding hydrogens is 254 g/mol. The monoisotopic (exact) mass is 285 g/mol. The first kappa shape index (κ1) is 15.1. The van der Waals surface area contributed by atoms with Gasteiger partial charge in [-0.1, -0.05) is 65.8 Å². The summed E-state index contributed by atoms with van der Waals surface area (Å²) in [5, 5.41) is 3.89. The van der Waals surface area contributed by atoms with Crippen molar-refractivity contribution in [1.29, 1.82) is 0 Å². The Morgan fingerprint density at radius 2 is 1.62 bits per heavy atom. The molecule has 0 radical (unpaired) electrons. The van der Waals surface area contributed by atoms with E-state index in [1.54, 1.807) is 5.56 Å². The van der Waals surface area contributed by atoms with Crippen LogP contribution in [-0.4, -0.2) is 6.54 Å². The maximum Gasteiger partial charge on any atom is 0.0323 e. The van der Waals surface area contributed by atoms with Crippen LogP contribution in [0.3, 0.4) is 0 Å². The summed E-state index contributed by atoms with van der Waals surface area (Å²) < 4.78 is 0. The SMILES string of the molecule is CC1(C)CCC(NCC2C(C)(C)C2(C)C)c2ccccc21. The fourth-order valence-corrected chi connectivity index (χ4v) is 4.53. The number of benzene rings is 1. The quantitative estimate of drug-likeness (QED) is 0.817. The van der Waals surface area contributed by atoms with Crippen molar-refractivity contribution in [3.05, 3.63) is 35.4 Å². The zero-order valence-corrected chi connectivity index (χ0v) is 14.6. The molecule has 1 unspecified atom stereocenters. The lowest BCUT2D eigenvalue weighted by atomic mass is 9.71. The van der Waals surface area contributed by atoms with Crippen molar-refractivity contribution in [2.75, 3.05) is 6.54 Å². The molecule has 0 amide bonds. The largest absolute Gasteiger partial charge is 0.310 e. The molecule has 1 saturated carbocycles. The maximum atomic E-state index is 3.89. The van der Waals surface area contributed by atoms with Crippen molar-refractivity contribution < 1.29 is 0 Å². The maximum absolute atomic E-state index is 3.89. The molecule has 1 atom stereocenters. The van der Waals surface area contributed by atoms with Gasteiger partial charge in [0.05, 0.1) is 0 Å². The molecule has 1 nitrogen and oxygen atoms in total. The summed E-state index contributed by atoms with van der Waals surface area (Å²) in [5.41, 5.74) is 4.36. The van der Waals surface area contributed by atoms with E-state index in [0.717, 1.165) is 12.5 Å². The summed E-state index contributed by atoms with van der Waals surface area (Å²) in [6.07, 6.45) is 2.54. The van der Waals surface area contributed by atoms with Crippen LogP contribution in [0, 0.1) is 16.7 Å². The summed E-state index contributed by atoms with van der Waals surface area (Å²) in [6.45, 7) is 15.6. The summed E-state index contributed by atoms with van der Waals surface area (Å²) in [5.74, 6) is 0.798. The van der Waals surface area contributed by atoms with Crippen LogP contribution >= 0.6 is 0 Å². The third-order valence-electron chi connectivity index (χ3n) is 7.01. The fraction of sp³-hybridized carbons (Fsp3) is 0.700. The van der Waals surface area contributed by atoms with Gasteiger partial charge in [-0.3, -0.25) is 0 Å². The minimum absolute atomic E-state index is 0.326. The van der Waals surface area contributed by atoms with Gasteiger partial charge >= 0.3 is 0 Å². The van der Waals surface area contributed by atoms with Gasteiger partial charge in [-0.15, -0.1) is 0 Å². The van der Waals surface area contributed by atoms with Crippen LogP contribution in [0.1, 0.15) is 71.6 Å². The topological polar surface area (TPSA) is 12.0 Å². The third kappa shape index (κ3) is 2.25. The summed E-state index contributed by atoms with van der Waals surface area (Å²) in [6, 6.07) is 9.59. The van der Waals surface area contributed by atoms with E-state index in [1.165, 1.54) is 18.4 Å². The van der Waals surface area contributed by atoms with Crippen molar-refractivity contribution in [3.63, 3.8) is 0 Å². The van der Waals surface area contributed by atoms with Crippen LogP contribution < -0.4 is 5.32 Å². The van der Waals surface area contributed by atoms with Crippen molar-refractivity contribution in [3.8, 4) is 0 Å². The van der Waals surface area contributed by atoms with E-state index in [0.29, 0.717) is 22.3 Å². The highest BCUT2D eigenvalue weighted by atomic mass is 14.9. The Labute approximate surface area is 130 Å². The average molecular weight is 285 g/mol. The predicted molar refractivity (Wildman–Crippen MR) is 90.5 cm³/mol. The van der Waals surface area contributed by atoms with E-state index in [2.05, 4.69) is 71.1 Å². The summed E-state index contributed by atoms with van der Waals surface area (Å²) in [4.78, 5) is 0. The van der Waals surface area contributed by atoms with Gasteiger partial charge in [0.15, 0.2) is 0 Å². The van der Waals surface area contributed by atoms with E-state index in [1.807, 2.05) is 0 Å². The molecule has 3 rings (SSSR count). The molecule has 0 aliphatic heterocycles. The van der Waals surface area contributed by atoms with Crippen LogP contribution in [0.5, 0.6) is 0 Å². The predicted octanol–water partition coefficient (Wildman–Crippen LogP) is 5.07. The molecular formula is C20H31N. The molecule has 2 aliphatic rings. The fourth-order valence-electron chi connectivity index (χ4n) is 4.53. The molecule has 2 aliphatic carbocycles. The van der Waals surface area contributed by atoms with Gasteiger partial charge in [-0.05, 0) is 52.7 Å². The van der Waals surface area contributed by atoms with Gasteiger partial charge in [-0.2, -0.15) is 0 Å². The van der Waals surface area contributed by atoms with Gasteiger partial charge in [0.25, 0.3) is 0 Å². The van der Waals surface area contributed by atoms with Gasteiger partial charge in [0.1, 0.15) is 0 Å². The van der Waals surface area contributed by atoms with Gasteiger partial charge in [0, 0.05) is 6.04 Å². The van der Waals surface area contributed by atoms with Crippen LogP contribution in [0.2, 0.25) is 0 Å². The van der Waals surface area contributed by atoms with Crippen LogP contribution in [0.15, 0.2) is 24.3 Å². The number of rotatable bonds is 3. The number of hydrogen-bond acceptors (Lipinski definition) is 1. The van der Waals surface area contributed by atoms with Gasteiger partial charge < -0.3 is 5.32 Å². The number of nitrogens with one attached hydrogen (secondary N) is 1. The first-order valence-corrected chi connectivity index (χ1v) is 8.51. The summed E-state index contributed by atoms with van der Waals surface area (Å²) >= 11 is 0. The minimum Gasteiger partial charge on any atom is -0.310 e. The number of hydrogen-bond donors (Lipinski definition) is 1. The van der Waals surface area contributed by atoms with Crippen LogP contribution in [0.4, 0.5) is 0 Å². The van der Waals surface area contributed by atoms with Crippen LogP contribution in [-0.2, 0) is 5.41 Å². The Hall–Kier alpha value is -0.820. The molecule has 1 aromatic carbocycles. The Morgan fingerprint density at radius 1 is 1.00 bits per heavy atom. The Kier molecular flexibility index (Phi) is 3.30. The molecule has 116 valence electrons. The summed E-state index contributed by atoms with van der Waals surface area (Å²) in [7, 11) is 0. The smallest absolute Gasteiger partial charge is 0.0323 e. The molecule has 0 heterocycles. The lowest BCUT2D eigenvalue weighted by Gasteiger charge is -2.37. The molecule has 1 heteroatoms. The van der Waals surface area contributed by atoms with Gasteiger partial charge in [0.2, 0.25) is 0 Å². The second-order valence-corrected chi connectivity index (χ2v) is 8.97. The molecule has 0 aromatic heterocycles. The minimum atomic E-state index is 0.326. The molecule has 21 heavy (non-hydrogen) atoms. The third-order valence-corrected chi connectivity index (χ3v) is 7.01. The first-order chi connectivity index (χ1) is 9.68. The lowest BCUT2D eigenvalue weighted by molar-refractivity contribution is 0.348. The molecule has 0 spiro atoms. The zero-order chi connectivity index (χ0) is 15.5. The number of fused-ring (bicyclic) bond motifs is 1. The highest BCUT2D eigenvalue weighted by Crippen LogP contribution is 2.68. The second-order valence-electron chi connectivity index (χ2n) is 8.97. The van der Waals surface area contributed by atoms with E-state index in [9.17, 15) is 0 Å². The average Bonchev–Trinajstić information content (AvgIpc) is 2.80. The van der Waals surface area contributed by atoms with Gasteiger partial charge in [-0.25, -0.2) is 0 Å². The zero-order valence-electron chi connectivity index (χ0n) is 14.6. The van der Waals surface area contributed by atoms with Crippen molar-refractivity contribution in [2.45, 2.75) is 65.8 Å². The van der Waals surface area contributed by atoms with Crippen molar-refractivity contribution in [1.82, 2.24) is 5.32 Å². The Balaban J connectivity index is 1.74. The molecule has 0 bridgehead atoms. The molecule has 1 fully saturated rings. The lowest BCUT2D eigenvalue weighted by Crippen LogP contribution is -2.34. The standard InChI is InChI=1S/C20H31N/c1-18(2)12-11-16(14-9-7-8-10-15(14)18)21-13-17-19(3,4)20(17,5)6/h7-10,16-17,21H,11-13H2,1-6H3. The molecule has 1 aromatic rings. The molecule has 1 N–H and O–H groups in total. The van der Waals surface area contributed by atoms with E-state index < -0.39 is 0 Å². The first-order valence-electron chi connectivity index (χ1n) is 8.51. The van der Waals surface area contributed by atoms with E-state index in [-0.39, 0.29) is 0 Å². The van der Waals surface area contributed by atoms with Crippen LogP contribution in [0.25, 0.3) is 0 Å². The Morgan fingerprint density at radius 3 is 2.24 bits per heavy atom. The van der Waals surface area contributed by atoms with Crippen molar-refractivity contribution in [2.24, 2.45) is 16.7 Å². The highest BCUT2D eigenvalue weighted by Gasteiger charge is 2.64. The Bertz CT molecular complexity index is 525. The highest BCUT2D eigenvalue weighted by molar-refractivity contribution is 5.38. The van der Waals surface area contributed by atoms with Crippen molar-refractivity contribution >= 4 is 0 Å². The van der Waals surface area contributed by atoms with E-state index in [4.69, 9.17) is 0 Å². The normalized spacial score (nSPS) is 29.0. The molecule has 0 saturated heterocycles. The second kappa shape index (κ2) is 4.59. The van der Waals surface area contributed by atoms with E-state index >= 15 is 0 Å².